The Balaban J connectivity index is 2.95. The summed E-state index contributed by atoms with van der Waals surface area (Å²) in [4.78, 5) is 0. The minimum absolute atomic E-state index is 0.242. The Hall–Kier alpha value is -0.440. The number of hydrogen-bond donors (Lipinski definition) is 0. The first-order valence-electron chi connectivity index (χ1n) is 2.70. The molecule has 1 aromatic rings. The molecule has 0 spiro atoms. The number of halogens is 2. The lowest BCUT2D eigenvalue weighted by Gasteiger charge is -1.77. The molecule has 12 heavy (non-hydrogen) atoms. The molecule has 64 valence electrons. The molecule has 0 aromatic carbocycles. The molecule has 0 unspecified atom stereocenters. The van der Waals surface area contributed by atoms with Crippen LogP contribution >= 0.6 is 26.6 Å². The van der Waals surface area contributed by atoms with E-state index in [2.05, 4.69) is 21.9 Å². The van der Waals surface area contributed by atoms with E-state index in [1.165, 1.54) is 6.07 Å². The summed E-state index contributed by atoms with van der Waals surface area (Å²) in [6.45, 7) is 0. The second-order valence-electron chi connectivity index (χ2n) is 1.77. The highest BCUT2D eigenvalue weighted by atomic mass is 79.9. The average Bonchev–Trinajstić information content (AvgIpc) is 2.30. The van der Waals surface area contributed by atoms with Crippen molar-refractivity contribution < 1.29 is 12.8 Å². The molecule has 1 rings (SSSR count). The van der Waals surface area contributed by atoms with Gasteiger partial charge in [0.05, 0.1) is 5.25 Å². The van der Waals surface area contributed by atoms with Crippen molar-refractivity contribution in [1.82, 2.24) is 0 Å². The fraction of sp³-hybridized carbons (Fsp3) is 0. The largest absolute Gasteiger partial charge is 0.441 e. The van der Waals surface area contributed by atoms with Crippen LogP contribution in [-0.2, 0) is 9.05 Å². The predicted molar refractivity (Wildman–Crippen MR) is 48.1 cm³/mol. The molecule has 1 aromatic heterocycles. The van der Waals surface area contributed by atoms with Crippen LogP contribution in [0.2, 0.25) is 0 Å². The molecule has 0 saturated carbocycles. The van der Waals surface area contributed by atoms with Crippen molar-refractivity contribution in [3.8, 4) is 11.2 Å². The summed E-state index contributed by atoms with van der Waals surface area (Å²) in [7, 11) is 1.06. The van der Waals surface area contributed by atoms with E-state index in [1.54, 1.807) is 6.07 Å². The first kappa shape index (κ1) is 9.65. The first-order valence-corrected chi connectivity index (χ1v) is 5.80. The highest BCUT2D eigenvalue weighted by Crippen LogP contribution is 2.12. The van der Waals surface area contributed by atoms with Gasteiger partial charge in [-0.2, -0.15) is 8.42 Å². The van der Waals surface area contributed by atoms with Crippen molar-refractivity contribution in [3.63, 3.8) is 0 Å². The van der Waals surface area contributed by atoms with Crippen LogP contribution in [0.3, 0.4) is 0 Å². The van der Waals surface area contributed by atoms with Gasteiger partial charge in [0.1, 0.15) is 0 Å². The molecule has 0 amide bonds. The van der Waals surface area contributed by atoms with Crippen LogP contribution in [0.4, 0.5) is 0 Å². The van der Waals surface area contributed by atoms with Gasteiger partial charge in [0.25, 0.3) is 0 Å². The fourth-order valence-corrected chi connectivity index (χ4v) is 1.14. The molecule has 0 bridgehead atoms. The Morgan fingerprint density at radius 1 is 1.50 bits per heavy atom. The van der Waals surface area contributed by atoms with E-state index in [0.717, 1.165) is 0 Å². The normalized spacial score (nSPS) is 10.5. The SMILES string of the molecule is O=S(=O)(Cl)C#Cc1ccc(Br)o1. The second-order valence-corrected chi connectivity index (χ2v) is 4.85. The summed E-state index contributed by atoms with van der Waals surface area (Å²) < 4.78 is 26.1. The van der Waals surface area contributed by atoms with Crippen molar-refractivity contribution in [2.24, 2.45) is 0 Å². The zero-order chi connectivity index (χ0) is 9.19. The molecule has 6 heteroatoms. The van der Waals surface area contributed by atoms with Crippen LogP contribution in [0, 0.1) is 11.2 Å². The molecule has 1 heterocycles. The Kier molecular flexibility index (Phi) is 2.83. The van der Waals surface area contributed by atoms with Crippen molar-refractivity contribution in [2.75, 3.05) is 0 Å². The van der Waals surface area contributed by atoms with Crippen LogP contribution in [0.15, 0.2) is 21.2 Å². The standard InChI is InChI=1S/C6H2BrClO3S/c7-6-2-1-5(11-6)3-4-12(8,9)10/h1-2H. The molecular formula is C6H2BrClO3S. The summed E-state index contributed by atoms with van der Waals surface area (Å²) in [5, 5.41) is 1.82. The molecule has 0 aliphatic carbocycles. The third kappa shape index (κ3) is 3.30. The van der Waals surface area contributed by atoms with E-state index in [1.807, 2.05) is 5.25 Å². The molecule has 0 saturated heterocycles. The van der Waals surface area contributed by atoms with Crippen LogP contribution in [0.5, 0.6) is 0 Å². The monoisotopic (exact) mass is 268 g/mol. The molecule has 0 aliphatic heterocycles. The van der Waals surface area contributed by atoms with Crippen molar-refractivity contribution >= 4 is 35.7 Å². The molecule has 3 nitrogen and oxygen atoms in total. The smallest absolute Gasteiger partial charge is 0.301 e. The van der Waals surface area contributed by atoms with E-state index in [4.69, 9.17) is 15.1 Å². The van der Waals surface area contributed by atoms with Gasteiger partial charge in [0.15, 0.2) is 10.4 Å². The Bertz CT molecular complexity index is 437. The minimum atomic E-state index is -3.78. The van der Waals surface area contributed by atoms with Crippen molar-refractivity contribution in [1.29, 1.82) is 0 Å². The van der Waals surface area contributed by atoms with Crippen molar-refractivity contribution in [3.05, 3.63) is 22.6 Å². The van der Waals surface area contributed by atoms with Gasteiger partial charge < -0.3 is 4.42 Å². The fourth-order valence-electron chi connectivity index (χ4n) is 0.493. The molecule has 0 aliphatic rings. The maximum Gasteiger partial charge on any atom is 0.301 e. The van der Waals surface area contributed by atoms with E-state index in [0.29, 0.717) is 4.67 Å². The molecule has 0 atom stereocenters. The second kappa shape index (κ2) is 3.52. The highest BCUT2D eigenvalue weighted by molar-refractivity contribution is 9.10. The minimum Gasteiger partial charge on any atom is -0.441 e. The van der Waals surface area contributed by atoms with Crippen LogP contribution in [-0.4, -0.2) is 8.42 Å². The summed E-state index contributed by atoms with van der Waals surface area (Å²) in [5.74, 6) is 2.48. The van der Waals surface area contributed by atoms with Crippen molar-refractivity contribution in [2.45, 2.75) is 0 Å². The van der Waals surface area contributed by atoms with E-state index in [-0.39, 0.29) is 5.76 Å². The summed E-state index contributed by atoms with van der Waals surface area (Å²) in [5.41, 5.74) is 0. The first-order chi connectivity index (χ1) is 5.47. The van der Waals surface area contributed by atoms with Gasteiger partial charge in [-0.25, -0.2) is 0 Å². The Labute approximate surface area is 82.3 Å². The van der Waals surface area contributed by atoms with Crippen LogP contribution in [0.1, 0.15) is 5.76 Å². The predicted octanol–water partition coefficient (Wildman–Crippen LogP) is 1.92. The molecule has 0 N–H and O–H groups in total. The number of hydrogen-bond acceptors (Lipinski definition) is 3. The maximum absolute atomic E-state index is 10.3. The third-order valence-electron chi connectivity index (χ3n) is 0.869. The lowest BCUT2D eigenvalue weighted by Crippen LogP contribution is -1.79. The zero-order valence-corrected chi connectivity index (χ0v) is 8.70. The third-order valence-corrected chi connectivity index (χ3v) is 1.87. The van der Waals surface area contributed by atoms with Gasteiger partial charge in [-0.1, -0.05) is 0 Å². The summed E-state index contributed by atoms with van der Waals surface area (Å²) in [6.07, 6.45) is 0. The van der Waals surface area contributed by atoms with Gasteiger partial charge >= 0.3 is 9.05 Å². The van der Waals surface area contributed by atoms with Crippen LogP contribution < -0.4 is 0 Å². The molecule has 0 fully saturated rings. The van der Waals surface area contributed by atoms with E-state index >= 15 is 0 Å². The number of rotatable bonds is 0. The lowest BCUT2D eigenvalue weighted by atomic mass is 10.5. The van der Waals surface area contributed by atoms with Gasteiger partial charge in [-0.05, 0) is 34.0 Å². The van der Waals surface area contributed by atoms with Gasteiger partial charge in [0, 0.05) is 10.7 Å². The van der Waals surface area contributed by atoms with E-state index < -0.39 is 9.05 Å². The quantitative estimate of drug-likeness (QED) is 0.534. The molecular weight excluding hydrogens is 267 g/mol. The maximum atomic E-state index is 10.3. The summed E-state index contributed by atoms with van der Waals surface area (Å²) in [6, 6.07) is 3.13. The number of furan rings is 1. The van der Waals surface area contributed by atoms with Gasteiger partial charge in [-0.15, -0.1) is 0 Å². The topological polar surface area (TPSA) is 47.3 Å². The Morgan fingerprint density at radius 3 is 2.58 bits per heavy atom. The zero-order valence-electron chi connectivity index (χ0n) is 5.54. The molecule has 0 radical (unpaired) electrons. The lowest BCUT2D eigenvalue weighted by molar-refractivity contribution is 0.529. The average molecular weight is 270 g/mol. The summed E-state index contributed by atoms with van der Waals surface area (Å²) >= 11 is 3.04. The van der Waals surface area contributed by atoms with E-state index in [9.17, 15) is 8.42 Å². The van der Waals surface area contributed by atoms with Gasteiger partial charge in [0.2, 0.25) is 0 Å². The van der Waals surface area contributed by atoms with Gasteiger partial charge in [-0.3, -0.25) is 0 Å². The Morgan fingerprint density at radius 2 is 2.17 bits per heavy atom. The van der Waals surface area contributed by atoms with Crippen LogP contribution in [0.25, 0.3) is 0 Å². The highest BCUT2D eigenvalue weighted by Gasteiger charge is 1.98.